The van der Waals surface area contributed by atoms with Crippen LogP contribution in [0.2, 0.25) is 0 Å². The van der Waals surface area contributed by atoms with Crippen molar-refractivity contribution in [2.75, 3.05) is 13.2 Å². The lowest BCUT2D eigenvalue weighted by molar-refractivity contribution is -0.149. The highest BCUT2D eigenvalue weighted by molar-refractivity contribution is 5.87. The smallest absolute Gasteiger partial charge is 0.319 e. The van der Waals surface area contributed by atoms with Crippen LogP contribution >= 0.6 is 0 Å². The second-order valence-corrected chi connectivity index (χ2v) is 6.70. The summed E-state index contributed by atoms with van der Waals surface area (Å²) in [6, 6.07) is 0. The van der Waals surface area contributed by atoms with Crippen LogP contribution in [0.3, 0.4) is 0 Å². The Balaban J connectivity index is 1.78. The minimum Gasteiger partial charge on any atom is -0.465 e. The molecule has 1 amide bonds. The summed E-state index contributed by atoms with van der Waals surface area (Å²) in [5.74, 6) is 1.53. The van der Waals surface area contributed by atoms with Crippen molar-refractivity contribution in [3.8, 4) is 0 Å². The van der Waals surface area contributed by atoms with Gasteiger partial charge < -0.3 is 10.5 Å². The van der Waals surface area contributed by atoms with E-state index in [1.54, 1.807) is 6.92 Å². The van der Waals surface area contributed by atoms with E-state index < -0.39 is 5.54 Å². The minimum absolute atomic E-state index is 0.0825. The Bertz CT molecular complexity index is 393. The van der Waals surface area contributed by atoms with Gasteiger partial charge in [0.2, 0.25) is 5.91 Å². The quantitative estimate of drug-likeness (QED) is 0.731. The summed E-state index contributed by atoms with van der Waals surface area (Å²) in [5.41, 5.74) is 5.08. The number of nitrogens with two attached hydrogens (primary N) is 1. The van der Waals surface area contributed by atoms with Gasteiger partial charge in [0.15, 0.2) is 0 Å². The Morgan fingerprint density at radius 3 is 2.15 bits per heavy atom. The van der Waals surface area contributed by atoms with Gasteiger partial charge in [-0.25, -0.2) is 0 Å². The third-order valence-electron chi connectivity index (χ3n) is 5.66. The van der Waals surface area contributed by atoms with Gasteiger partial charge in [0.25, 0.3) is 0 Å². The Morgan fingerprint density at radius 2 is 1.70 bits per heavy atom. The van der Waals surface area contributed by atoms with Crippen molar-refractivity contribution in [2.45, 2.75) is 44.6 Å². The fourth-order valence-corrected chi connectivity index (χ4v) is 5.14. The van der Waals surface area contributed by atoms with E-state index in [0.29, 0.717) is 18.4 Å². The van der Waals surface area contributed by atoms with Crippen LogP contribution in [0, 0.1) is 23.7 Å². The first-order valence-electron chi connectivity index (χ1n) is 7.76. The summed E-state index contributed by atoms with van der Waals surface area (Å²) in [6.45, 7) is 2.23. The maximum Gasteiger partial charge on any atom is 0.319 e. The maximum absolute atomic E-state index is 12.2. The second-order valence-electron chi connectivity index (χ2n) is 6.70. The number of primary amides is 1. The molecule has 4 aliphatic rings. The van der Waals surface area contributed by atoms with Crippen molar-refractivity contribution in [1.82, 2.24) is 5.32 Å². The summed E-state index contributed by atoms with van der Waals surface area (Å²) in [4.78, 5) is 23.8. The zero-order chi connectivity index (χ0) is 14.3. The molecule has 5 heteroatoms. The molecule has 0 atom stereocenters. The fraction of sp³-hybridized carbons (Fsp3) is 0.867. The number of rotatable bonds is 5. The predicted molar refractivity (Wildman–Crippen MR) is 73.6 cm³/mol. The average Bonchev–Trinajstić information content (AvgIpc) is 2.37. The van der Waals surface area contributed by atoms with E-state index in [2.05, 4.69) is 5.32 Å². The number of esters is 1. The summed E-state index contributed by atoms with van der Waals surface area (Å²) in [7, 11) is 0. The first-order valence-corrected chi connectivity index (χ1v) is 7.76. The largest absolute Gasteiger partial charge is 0.465 e. The van der Waals surface area contributed by atoms with E-state index in [-0.39, 0.29) is 18.4 Å². The second kappa shape index (κ2) is 5.02. The summed E-state index contributed by atoms with van der Waals surface area (Å²) < 4.78 is 4.96. The van der Waals surface area contributed by atoms with Crippen molar-refractivity contribution in [1.29, 1.82) is 0 Å². The molecule has 0 aliphatic heterocycles. The van der Waals surface area contributed by atoms with Gasteiger partial charge in [0.1, 0.15) is 5.54 Å². The van der Waals surface area contributed by atoms with E-state index in [9.17, 15) is 9.59 Å². The molecule has 0 radical (unpaired) electrons. The lowest BCUT2D eigenvalue weighted by Crippen LogP contribution is -2.71. The van der Waals surface area contributed by atoms with E-state index in [1.807, 2.05) is 0 Å². The third-order valence-corrected chi connectivity index (χ3v) is 5.66. The van der Waals surface area contributed by atoms with Crippen LogP contribution in [0.25, 0.3) is 0 Å². The van der Waals surface area contributed by atoms with Crippen LogP contribution < -0.4 is 11.1 Å². The van der Waals surface area contributed by atoms with Gasteiger partial charge in [-0.15, -0.1) is 0 Å². The Labute approximate surface area is 119 Å². The first kappa shape index (κ1) is 13.9. The molecule has 4 rings (SSSR count). The minimum atomic E-state index is -0.680. The molecule has 0 spiro atoms. The summed E-state index contributed by atoms with van der Waals surface area (Å²) in [5, 5.41) is 3.21. The molecule has 0 heterocycles. The van der Waals surface area contributed by atoms with Gasteiger partial charge in [-0.2, -0.15) is 0 Å². The van der Waals surface area contributed by atoms with E-state index in [0.717, 1.165) is 37.5 Å². The monoisotopic (exact) mass is 280 g/mol. The topological polar surface area (TPSA) is 81.4 Å². The Hall–Kier alpha value is -1.10. The fourth-order valence-electron chi connectivity index (χ4n) is 5.14. The average molecular weight is 280 g/mol. The lowest BCUT2D eigenvalue weighted by Gasteiger charge is -2.59. The molecule has 4 fully saturated rings. The molecule has 0 saturated heterocycles. The molecule has 4 saturated carbocycles. The van der Waals surface area contributed by atoms with Gasteiger partial charge in [0, 0.05) is 0 Å². The molecule has 4 bridgehead atoms. The van der Waals surface area contributed by atoms with E-state index in [1.165, 1.54) is 6.42 Å². The number of carbonyl (C=O) groups excluding carboxylic acids is 2. The standard InChI is InChI=1S/C15H24N2O3/c1-2-20-13(18)8-17-15(14(16)19)11-4-9-3-10(6-11)7-12(15)5-9/h9-12,17H,2-8H2,1H3,(H2,16,19). The molecule has 0 aromatic carbocycles. The first-order chi connectivity index (χ1) is 9.56. The van der Waals surface area contributed by atoms with Crippen molar-refractivity contribution in [2.24, 2.45) is 29.4 Å². The SMILES string of the molecule is CCOC(=O)CNC1(C(N)=O)C2CC3CC(C2)CC1C3. The van der Waals surface area contributed by atoms with Gasteiger partial charge in [0.05, 0.1) is 13.2 Å². The zero-order valence-electron chi connectivity index (χ0n) is 12.1. The third kappa shape index (κ3) is 2.03. The molecule has 0 unspecified atom stereocenters. The number of amides is 1. The normalized spacial score (nSPS) is 41.6. The number of nitrogens with one attached hydrogen (secondary N) is 1. The number of hydrogen-bond acceptors (Lipinski definition) is 4. The van der Waals surface area contributed by atoms with Gasteiger partial charge in [-0.05, 0) is 62.7 Å². The zero-order valence-corrected chi connectivity index (χ0v) is 12.1. The molecular formula is C15H24N2O3. The summed E-state index contributed by atoms with van der Waals surface area (Å²) >= 11 is 0. The van der Waals surface area contributed by atoms with Gasteiger partial charge in [-0.1, -0.05) is 0 Å². The van der Waals surface area contributed by atoms with Crippen molar-refractivity contribution in [3.05, 3.63) is 0 Å². The molecule has 20 heavy (non-hydrogen) atoms. The molecule has 3 N–H and O–H groups in total. The molecular weight excluding hydrogens is 256 g/mol. The van der Waals surface area contributed by atoms with Crippen LogP contribution in [-0.4, -0.2) is 30.6 Å². The number of ether oxygens (including phenoxy) is 1. The van der Waals surface area contributed by atoms with Crippen LogP contribution in [0.15, 0.2) is 0 Å². The van der Waals surface area contributed by atoms with Crippen molar-refractivity contribution < 1.29 is 14.3 Å². The predicted octanol–water partition coefficient (Wildman–Crippen LogP) is 0.819. The summed E-state index contributed by atoms with van der Waals surface area (Å²) in [6.07, 6.45) is 5.62. The Kier molecular flexibility index (Phi) is 3.48. The van der Waals surface area contributed by atoms with Crippen LogP contribution in [0.1, 0.15) is 39.0 Å². The lowest BCUT2D eigenvalue weighted by atomic mass is 9.48. The molecule has 4 aliphatic carbocycles. The highest BCUT2D eigenvalue weighted by Crippen LogP contribution is 2.58. The number of hydrogen-bond donors (Lipinski definition) is 2. The van der Waals surface area contributed by atoms with Crippen LogP contribution in [-0.2, 0) is 14.3 Å². The highest BCUT2D eigenvalue weighted by atomic mass is 16.5. The molecule has 5 nitrogen and oxygen atoms in total. The van der Waals surface area contributed by atoms with E-state index >= 15 is 0 Å². The van der Waals surface area contributed by atoms with Gasteiger partial charge >= 0.3 is 5.97 Å². The number of carbonyl (C=O) groups is 2. The van der Waals surface area contributed by atoms with Crippen LogP contribution in [0.5, 0.6) is 0 Å². The van der Waals surface area contributed by atoms with E-state index in [4.69, 9.17) is 10.5 Å². The molecule has 0 aromatic rings. The van der Waals surface area contributed by atoms with Gasteiger partial charge in [-0.3, -0.25) is 14.9 Å². The van der Waals surface area contributed by atoms with Crippen molar-refractivity contribution in [3.63, 3.8) is 0 Å². The van der Waals surface area contributed by atoms with Crippen molar-refractivity contribution >= 4 is 11.9 Å². The molecule has 0 aromatic heterocycles. The molecule has 112 valence electrons. The van der Waals surface area contributed by atoms with Crippen LogP contribution in [0.4, 0.5) is 0 Å². The Morgan fingerprint density at radius 1 is 1.15 bits per heavy atom. The maximum atomic E-state index is 12.2. The highest BCUT2D eigenvalue weighted by Gasteiger charge is 2.60.